The Morgan fingerprint density at radius 2 is 1.38 bits per heavy atom. The number of carbonyl (C=O) groups excluding carboxylic acids is 1. The van der Waals surface area contributed by atoms with Crippen LogP contribution < -0.4 is 0 Å². The normalized spacial score (nSPS) is 7.08. The molecule has 13 heavy (non-hydrogen) atoms. The number of rotatable bonds is 0. The summed E-state index contributed by atoms with van der Waals surface area (Å²) in [5, 5.41) is 0. The molecule has 2 aromatic rings. The highest BCUT2D eigenvalue weighted by molar-refractivity contribution is 5.10. The number of nitrogens with zero attached hydrogens (tertiary/aromatic N) is 1. The average molecular weight is 177 g/mol. The Morgan fingerprint density at radius 1 is 0.846 bits per heavy atom. The third-order valence-electron chi connectivity index (χ3n) is 0.992. The maximum atomic E-state index is 8.00. The minimum Gasteiger partial charge on any atom is -0.473 e. The van der Waals surface area contributed by atoms with Crippen LogP contribution in [0, 0.1) is 0 Å². The van der Waals surface area contributed by atoms with E-state index in [0.717, 1.165) is 0 Å². The largest absolute Gasteiger partial charge is 0.473 e. The van der Waals surface area contributed by atoms with Crippen LogP contribution in [0.1, 0.15) is 0 Å². The SMILES string of the molecule is C=O.c1ccncc1.c1ccoc1. The average Bonchev–Trinajstić information content (AvgIpc) is 2.82. The third-order valence-corrected chi connectivity index (χ3v) is 0.992. The predicted octanol–water partition coefficient (Wildman–Crippen LogP) is 2.18. The van der Waals surface area contributed by atoms with E-state index in [2.05, 4.69) is 9.40 Å². The lowest BCUT2D eigenvalue weighted by Gasteiger charge is -1.70. The molecule has 3 nitrogen and oxygen atoms in total. The van der Waals surface area contributed by atoms with Crippen LogP contribution in [0.3, 0.4) is 0 Å². The van der Waals surface area contributed by atoms with Gasteiger partial charge in [-0.2, -0.15) is 0 Å². The van der Waals surface area contributed by atoms with Crippen LogP contribution in [0.4, 0.5) is 0 Å². The standard InChI is InChI=1S/C5H5N.C4H4O.CH2O/c1-2-4-6-5-3-1;1-2-4-5-3-1;1-2/h1-5H;1-4H;1H2. The minimum absolute atomic E-state index is 1.62. The lowest BCUT2D eigenvalue weighted by Crippen LogP contribution is -1.58. The molecule has 0 aromatic carbocycles. The maximum Gasteiger partial charge on any atom is 0.106 e. The molecule has 0 fully saturated rings. The van der Waals surface area contributed by atoms with Gasteiger partial charge in [0.05, 0.1) is 12.5 Å². The van der Waals surface area contributed by atoms with E-state index in [0.29, 0.717) is 0 Å². The van der Waals surface area contributed by atoms with Gasteiger partial charge in [-0.1, -0.05) is 6.07 Å². The third kappa shape index (κ3) is 8.00. The van der Waals surface area contributed by atoms with E-state index in [1.807, 2.05) is 37.1 Å². The van der Waals surface area contributed by atoms with E-state index in [4.69, 9.17) is 4.79 Å². The van der Waals surface area contributed by atoms with Gasteiger partial charge in [-0.25, -0.2) is 0 Å². The molecule has 0 N–H and O–H groups in total. The van der Waals surface area contributed by atoms with Crippen LogP contribution >= 0.6 is 0 Å². The Kier molecular flexibility index (Phi) is 8.62. The smallest absolute Gasteiger partial charge is 0.106 e. The van der Waals surface area contributed by atoms with Crippen molar-refractivity contribution in [2.75, 3.05) is 0 Å². The fourth-order valence-corrected chi connectivity index (χ4v) is 0.539. The molecule has 2 aromatic heterocycles. The summed E-state index contributed by atoms with van der Waals surface area (Å²) in [5.74, 6) is 0. The van der Waals surface area contributed by atoms with E-state index < -0.39 is 0 Å². The van der Waals surface area contributed by atoms with Crippen molar-refractivity contribution in [2.24, 2.45) is 0 Å². The van der Waals surface area contributed by atoms with Crippen molar-refractivity contribution >= 4 is 6.79 Å². The lowest BCUT2D eigenvalue weighted by atomic mass is 10.5. The molecular formula is C10H11NO2. The number of aromatic nitrogens is 1. The van der Waals surface area contributed by atoms with Gasteiger partial charge in [0.25, 0.3) is 0 Å². The first-order valence-electron chi connectivity index (χ1n) is 3.61. The molecule has 0 saturated heterocycles. The number of hydrogen-bond acceptors (Lipinski definition) is 3. The van der Waals surface area contributed by atoms with E-state index in [-0.39, 0.29) is 0 Å². The Hall–Kier alpha value is -1.90. The van der Waals surface area contributed by atoms with E-state index in [9.17, 15) is 0 Å². The first kappa shape index (κ1) is 11.1. The summed E-state index contributed by atoms with van der Waals surface area (Å²) in [6.45, 7) is 2.00. The van der Waals surface area contributed by atoms with Crippen molar-refractivity contribution in [3.63, 3.8) is 0 Å². The number of carbonyl (C=O) groups is 1. The predicted molar refractivity (Wildman–Crippen MR) is 50.1 cm³/mol. The van der Waals surface area contributed by atoms with Gasteiger partial charge in [0.1, 0.15) is 6.79 Å². The van der Waals surface area contributed by atoms with Crippen LogP contribution in [-0.2, 0) is 4.79 Å². The number of hydrogen-bond donors (Lipinski definition) is 0. The van der Waals surface area contributed by atoms with Crippen molar-refractivity contribution < 1.29 is 9.21 Å². The summed E-state index contributed by atoms with van der Waals surface area (Å²) in [6, 6.07) is 9.38. The van der Waals surface area contributed by atoms with Gasteiger partial charge in [0.15, 0.2) is 0 Å². The van der Waals surface area contributed by atoms with Crippen molar-refractivity contribution in [2.45, 2.75) is 0 Å². The van der Waals surface area contributed by atoms with Gasteiger partial charge in [-0.3, -0.25) is 4.98 Å². The highest BCUT2D eigenvalue weighted by atomic mass is 16.3. The lowest BCUT2D eigenvalue weighted by molar-refractivity contribution is -0.0979. The summed E-state index contributed by atoms with van der Waals surface area (Å²) in [7, 11) is 0. The Bertz CT molecular complexity index is 211. The Balaban J connectivity index is 0.000000189. The van der Waals surface area contributed by atoms with E-state index >= 15 is 0 Å². The first-order valence-corrected chi connectivity index (χ1v) is 3.61. The summed E-state index contributed by atoms with van der Waals surface area (Å²) >= 11 is 0. The summed E-state index contributed by atoms with van der Waals surface area (Å²) in [4.78, 5) is 11.8. The first-order chi connectivity index (χ1) is 6.50. The highest BCUT2D eigenvalue weighted by Crippen LogP contribution is 1.79. The van der Waals surface area contributed by atoms with E-state index in [1.165, 1.54) is 0 Å². The zero-order valence-corrected chi connectivity index (χ0v) is 7.17. The van der Waals surface area contributed by atoms with Gasteiger partial charge in [-0.05, 0) is 24.3 Å². The maximum absolute atomic E-state index is 8.00. The molecule has 0 unspecified atom stereocenters. The topological polar surface area (TPSA) is 43.1 Å². The zero-order valence-electron chi connectivity index (χ0n) is 7.17. The van der Waals surface area contributed by atoms with Crippen LogP contribution in [0.2, 0.25) is 0 Å². The molecule has 0 bridgehead atoms. The Labute approximate surface area is 77.0 Å². The second-order valence-corrected chi connectivity index (χ2v) is 1.82. The molecule has 0 aliphatic heterocycles. The van der Waals surface area contributed by atoms with Gasteiger partial charge in [0.2, 0.25) is 0 Å². The molecule has 0 atom stereocenters. The molecule has 0 amide bonds. The summed E-state index contributed by atoms with van der Waals surface area (Å²) < 4.78 is 4.58. The molecule has 0 radical (unpaired) electrons. The molecule has 2 heterocycles. The fraction of sp³-hybridized carbons (Fsp3) is 0. The van der Waals surface area contributed by atoms with Crippen molar-refractivity contribution in [3.8, 4) is 0 Å². The summed E-state index contributed by atoms with van der Waals surface area (Å²) in [5.41, 5.74) is 0. The highest BCUT2D eigenvalue weighted by Gasteiger charge is 1.59. The fourth-order valence-electron chi connectivity index (χ4n) is 0.539. The van der Waals surface area contributed by atoms with E-state index in [1.54, 1.807) is 24.9 Å². The Morgan fingerprint density at radius 3 is 1.54 bits per heavy atom. The molecule has 2 rings (SSSR count). The molecule has 0 aliphatic rings. The number of furan rings is 1. The van der Waals surface area contributed by atoms with Gasteiger partial charge >= 0.3 is 0 Å². The van der Waals surface area contributed by atoms with Crippen LogP contribution in [0.5, 0.6) is 0 Å². The van der Waals surface area contributed by atoms with Crippen LogP contribution in [0.25, 0.3) is 0 Å². The van der Waals surface area contributed by atoms with Crippen LogP contribution in [-0.4, -0.2) is 11.8 Å². The minimum atomic E-state index is 1.62. The van der Waals surface area contributed by atoms with Crippen molar-refractivity contribution in [1.82, 2.24) is 4.98 Å². The molecule has 3 heteroatoms. The molecule has 0 aliphatic carbocycles. The second kappa shape index (κ2) is 10.1. The molecule has 68 valence electrons. The molecule has 0 saturated carbocycles. The second-order valence-electron chi connectivity index (χ2n) is 1.82. The number of pyridine rings is 1. The quantitative estimate of drug-likeness (QED) is 0.619. The van der Waals surface area contributed by atoms with Gasteiger partial charge < -0.3 is 9.21 Å². The van der Waals surface area contributed by atoms with Crippen molar-refractivity contribution in [1.29, 1.82) is 0 Å². The van der Waals surface area contributed by atoms with Crippen LogP contribution in [0.15, 0.2) is 59.7 Å². The van der Waals surface area contributed by atoms with Gasteiger partial charge in [0, 0.05) is 12.4 Å². The summed E-state index contributed by atoms with van der Waals surface area (Å²) in [6.07, 6.45) is 6.75. The van der Waals surface area contributed by atoms with Gasteiger partial charge in [-0.15, -0.1) is 0 Å². The molecule has 0 spiro atoms. The molecular weight excluding hydrogens is 166 g/mol. The monoisotopic (exact) mass is 177 g/mol. The zero-order chi connectivity index (χ0) is 9.78. The van der Waals surface area contributed by atoms with Crippen molar-refractivity contribution in [3.05, 3.63) is 55.3 Å².